The van der Waals surface area contributed by atoms with E-state index in [1.807, 2.05) is 13.8 Å². The second-order valence-electron chi connectivity index (χ2n) is 5.58. The molecule has 5 heteroatoms. The Morgan fingerprint density at radius 1 is 1.21 bits per heavy atom. The van der Waals surface area contributed by atoms with Crippen molar-refractivity contribution in [3.63, 3.8) is 0 Å². The van der Waals surface area contributed by atoms with Crippen LogP contribution in [0.2, 0.25) is 0 Å². The first-order chi connectivity index (χ1) is 9.16. The molecule has 108 valence electrons. The van der Waals surface area contributed by atoms with E-state index in [1.165, 1.54) is 56.5 Å². The smallest absolute Gasteiger partial charge is 0.197 e. The quantitative estimate of drug-likeness (QED) is 0.875. The molecule has 1 aliphatic carbocycles. The SMILES string of the molecule is CC(C)Oc1c(N)nsc1NC1CCCCCCC1. The van der Waals surface area contributed by atoms with Crippen LogP contribution in [0, 0.1) is 0 Å². The van der Waals surface area contributed by atoms with E-state index in [1.54, 1.807) is 0 Å². The van der Waals surface area contributed by atoms with Crippen LogP contribution in [0.1, 0.15) is 58.8 Å². The Morgan fingerprint density at radius 3 is 2.47 bits per heavy atom. The molecule has 1 aromatic rings. The van der Waals surface area contributed by atoms with E-state index < -0.39 is 0 Å². The van der Waals surface area contributed by atoms with Gasteiger partial charge in [0.05, 0.1) is 6.10 Å². The molecule has 0 saturated heterocycles. The summed E-state index contributed by atoms with van der Waals surface area (Å²) < 4.78 is 9.98. The number of ether oxygens (including phenoxy) is 1. The van der Waals surface area contributed by atoms with Crippen LogP contribution in [0.5, 0.6) is 5.75 Å². The molecule has 1 saturated carbocycles. The third-order valence-corrected chi connectivity index (χ3v) is 4.24. The molecular formula is C14H25N3OS. The van der Waals surface area contributed by atoms with E-state index in [9.17, 15) is 0 Å². The molecule has 1 heterocycles. The molecule has 0 aliphatic heterocycles. The fourth-order valence-corrected chi connectivity index (χ4v) is 3.25. The van der Waals surface area contributed by atoms with Gasteiger partial charge in [-0.05, 0) is 38.2 Å². The highest BCUT2D eigenvalue weighted by atomic mass is 32.1. The van der Waals surface area contributed by atoms with E-state index in [0.717, 1.165) is 10.8 Å². The first-order valence-electron chi connectivity index (χ1n) is 7.35. The van der Waals surface area contributed by atoms with Crippen molar-refractivity contribution < 1.29 is 4.74 Å². The zero-order chi connectivity index (χ0) is 13.7. The number of nitrogens with two attached hydrogens (primary N) is 1. The Hall–Kier alpha value is -0.970. The molecule has 0 atom stereocenters. The van der Waals surface area contributed by atoms with Crippen molar-refractivity contribution in [2.24, 2.45) is 0 Å². The summed E-state index contributed by atoms with van der Waals surface area (Å²) >= 11 is 1.41. The van der Waals surface area contributed by atoms with Crippen molar-refractivity contribution in [1.29, 1.82) is 0 Å². The summed E-state index contributed by atoms with van der Waals surface area (Å²) in [7, 11) is 0. The average molecular weight is 283 g/mol. The molecule has 1 fully saturated rings. The number of hydrogen-bond donors (Lipinski definition) is 2. The van der Waals surface area contributed by atoms with E-state index in [4.69, 9.17) is 10.5 Å². The number of anilines is 2. The predicted octanol–water partition coefficient (Wildman–Crippen LogP) is 4.04. The highest BCUT2D eigenvalue weighted by molar-refractivity contribution is 7.11. The van der Waals surface area contributed by atoms with Crippen LogP contribution in [-0.4, -0.2) is 16.5 Å². The molecule has 4 nitrogen and oxygen atoms in total. The van der Waals surface area contributed by atoms with E-state index >= 15 is 0 Å². The fraction of sp³-hybridized carbons (Fsp3) is 0.786. The summed E-state index contributed by atoms with van der Waals surface area (Å²) in [6, 6.07) is 0.537. The summed E-state index contributed by atoms with van der Waals surface area (Å²) in [6.07, 6.45) is 9.33. The van der Waals surface area contributed by atoms with Crippen LogP contribution < -0.4 is 15.8 Å². The Morgan fingerprint density at radius 2 is 1.84 bits per heavy atom. The van der Waals surface area contributed by atoms with Gasteiger partial charge in [0.2, 0.25) is 0 Å². The van der Waals surface area contributed by atoms with E-state index in [0.29, 0.717) is 11.9 Å². The van der Waals surface area contributed by atoms with Gasteiger partial charge < -0.3 is 15.8 Å². The molecule has 0 bridgehead atoms. The standard InChI is InChI=1S/C14H25N3OS/c1-10(2)18-12-13(15)17-19-14(12)16-11-8-6-4-3-5-7-9-11/h10-11,16H,3-9H2,1-2H3,(H2,15,17). The average Bonchev–Trinajstić information content (AvgIpc) is 2.64. The topological polar surface area (TPSA) is 60.2 Å². The maximum Gasteiger partial charge on any atom is 0.197 e. The summed E-state index contributed by atoms with van der Waals surface area (Å²) in [6.45, 7) is 4.02. The molecular weight excluding hydrogens is 258 g/mol. The zero-order valence-electron chi connectivity index (χ0n) is 11.9. The maximum absolute atomic E-state index is 5.88. The van der Waals surface area contributed by atoms with Gasteiger partial charge in [0.1, 0.15) is 0 Å². The van der Waals surface area contributed by atoms with Crippen LogP contribution in [0.4, 0.5) is 10.8 Å². The maximum atomic E-state index is 5.88. The van der Waals surface area contributed by atoms with Crippen molar-refractivity contribution in [1.82, 2.24) is 4.37 Å². The Labute approximate surface area is 119 Å². The van der Waals surface area contributed by atoms with Gasteiger partial charge in [-0.1, -0.05) is 32.1 Å². The second-order valence-corrected chi connectivity index (χ2v) is 6.35. The Bertz CT molecular complexity index is 384. The lowest BCUT2D eigenvalue weighted by molar-refractivity contribution is 0.245. The molecule has 1 aliphatic rings. The summed E-state index contributed by atoms with van der Waals surface area (Å²) in [4.78, 5) is 0. The first-order valence-corrected chi connectivity index (χ1v) is 8.12. The molecule has 19 heavy (non-hydrogen) atoms. The van der Waals surface area contributed by atoms with Crippen molar-refractivity contribution in [3.8, 4) is 5.75 Å². The highest BCUT2D eigenvalue weighted by Crippen LogP contribution is 2.37. The molecule has 0 unspecified atom stereocenters. The number of aromatic nitrogens is 1. The van der Waals surface area contributed by atoms with Crippen LogP contribution in [0.3, 0.4) is 0 Å². The summed E-state index contributed by atoms with van der Waals surface area (Å²) in [5.41, 5.74) is 5.88. The van der Waals surface area contributed by atoms with Crippen molar-refractivity contribution >= 4 is 22.4 Å². The lowest BCUT2D eigenvalue weighted by atomic mass is 9.97. The normalized spacial score (nSPS) is 18.1. The van der Waals surface area contributed by atoms with Crippen LogP contribution in [0.15, 0.2) is 0 Å². The third-order valence-electron chi connectivity index (χ3n) is 3.47. The van der Waals surface area contributed by atoms with E-state index in [2.05, 4.69) is 9.69 Å². The second kappa shape index (κ2) is 6.98. The van der Waals surface area contributed by atoms with Gasteiger partial charge in [-0.15, -0.1) is 0 Å². The zero-order valence-corrected chi connectivity index (χ0v) is 12.8. The lowest BCUT2D eigenvalue weighted by Gasteiger charge is -2.22. The van der Waals surface area contributed by atoms with Crippen molar-refractivity contribution in [2.45, 2.75) is 70.9 Å². The van der Waals surface area contributed by atoms with Gasteiger partial charge in [0, 0.05) is 6.04 Å². The molecule has 1 aromatic heterocycles. The largest absolute Gasteiger partial charge is 0.484 e. The summed E-state index contributed by atoms with van der Waals surface area (Å²) in [5.74, 6) is 1.24. The molecule has 0 amide bonds. The molecule has 3 N–H and O–H groups in total. The van der Waals surface area contributed by atoms with Crippen LogP contribution >= 0.6 is 11.5 Å². The minimum absolute atomic E-state index is 0.122. The predicted molar refractivity (Wildman–Crippen MR) is 82.0 cm³/mol. The number of rotatable bonds is 4. The number of hydrogen-bond acceptors (Lipinski definition) is 5. The third kappa shape index (κ3) is 4.27. The molecule has 0 spiro atoms. The minimum Gasteiger partial charge on any atom is -0.484 e. The summed E-state index contributed by atoms with van der Waals surface area (Å²) in [5, 5.41) is 4.59. The lowest BCUT2D eigenvalue weighted by Crippen LogP contribution is -2.20. The monoisotopic (exact) mass is 283 g/mol. The van der Waals surface area contributed by atoms with Crippen molar-refractivity contribution in [2.75, 3.05) is 11.1 Å². The number of nitrogens with one attached hydrogen (secondary N) is 1. The highest BCUT2D eigenvalue weighted by Gasteiger charge is 2.18. The number of nitrogens with zero attached hydrogens (tertiary/aromatic N) is 1. The first kappa shape index (κ1) is 14.4. The minimum atomic E-state index is 0.122. The van der Waals surface area contributed by atoms with Crippen molar-refractivity contribution in [3.05, 3.63) is 0 Å². The van der Waals surface area contributed by atoms with Gasteiger partial charge in [0.25, 0.3) is 0 Å². The van der Waals surface area contributed by atoms with Gasteiger partial charge in [0.15, 0.2) is 16.6 Å². The van der Waals surface area contributed by atoms with Gasteiger partial charge >= 0.3 is 0 Å². The van der Waals surface area contributed by atoms with Gasteiger partial charge in [-0.3, -0.25) is 0 Å². The van der Waals surface area contributed by atoms with E-state index in [-0.39, 0.29) is 6.10 Å². The fourth-order valence-electron chi connectivity index (χ4n) is 2.52. The van der Waals surface area contributed by atoms with Crippen LogP contribution in [-0.2, 0) is 0 Å². The molecule has 2 rings (SSSR count). The van der Waals surface area contributed by atoms with Gasteiger partial charge in [-0.25, -0.2) is 0 Å². The number of nitrogen functional groups attached to an aromatic ring is 1. The molecule has 0 radical (unpaired) electrons. The molecule has 0 aromatic carbocycles. The Kier molecular flexibility index (Phi) is 5.31. The Balaban J connectivity index is 2.00. The van der Waals surface area contributed by atoms with Crippen LogP contribution in [0.25, 0.3) is 0 Å². The van der Waals surface area contributed by atoms with Gasteiger partial charge in [-0.2, -0.15) is 4.37 Å².